The van der Waals surface area contributed by atoms with Gasteiger partial charge in [0.25, 0.3) is 0 Å². The van der Waals surface area contributed by atoms with Crippen LogP contribution in [-0.4, -0.2) is 6.54 Å². The van der Waals surface area contributed by atoms with Crippen LogP contribution in [0.25, 0.3) is 0 Å². The van der Waals surface area contributed by atoms with Crippen LogP contribution in [0, 0.1) is 5.41 Å². The maximum absolute atomic E-state index is 6.29. The van der Waals surface area contributed by atoms with Gasteiger partial charge in [0, 0.05) is 16.1 Å². The van der Waals surface area contributed by atoms with E-state index in [0.29, 0.717) is 16.5 Å². The number of hydrogen-bond donors (Lipinski definition) is 1. The van der Waals surface area contributed by atoms with E-state index in [1.807, 2.05) is 18.2 Å². The molecule has 0 heterocycles. The molecule has 0 saturated heterocycles. The molecule has 0 aliphatic heterocycles. The standard InChI is InChI=1S/C15H23Cl2N/c1-5-18-14(8-9-15(2,3)4)12-7-6-11(16)10-13(12)17/h6-7,10,14,18H,5,8-9H2,1-4H3. The second-order valence-corrected chi connectivity index (χ2v) is 6.72. The first kappa shape index (κ1) is 15.8. The second kappa shape index (κ2) is 6.79. The quantitative estimate of drug-likeness (QED) is 0.757. The summed E-state index contributed by atoms with van der Waals surface area (Å²) in [5.74, 6) is 0. The molecule has 0 fully saturated rings. The molecule has 1 atom stereocenters. The van der Waals surface area contributed by atoms with E-state index in [1.54, 1.807) is 0 Å². The van der Waals surface area contributed by atoms with Gasteiger partial charge in [-0.15, -0.1) is 0 Å². The molecule has 102 valence electrons. The van der Waals surface area contributed by atoms with Crippen LogP contribution in [0.1, 0.15) is 52.1 Å². The van der Waals surface area contributed by atoms with Gasteiger partial charge in [0.2, 0.25) is 0 Å². The van der Waals surface area contributed by atoms with Crippen LogP contribution in [-0.2, 0) is 0 Å². The Bertz CT molecular complexity index is 383. The van der Waals surface area contributed by atoms with E-state index < -0.39 is 0 Å². The summed E-state index contributed by atoms with van der Waals surface area (Å²) in [7, 11) is 0. The third-order valence-electron chi connectivity index (χ3n) is 2.97. The molecule has 1 N–H and O–H groups in total. The normalized spacial score (nSPS) is 13.7. The van der Waals surface area contributed by atoms with Crippen LogP contribution in [0.3, 0.4) is 0 Å². The molecular formula is C15H23Cl2N. The first-order chi connectivity index (χ1) is 8.33. The van der Waals surface area contributed by atoms with Crippen molar-refractivity contribution in [2.24, 2.45) is 5.41 Å². The Balaban J connectivity index is 2.83. The van der Waals surface area contributed by atoms with Gasteiger partial charge in [-0.3, -0.25) is 0 Å². The van der Waals surface area contributed by atoms with E-state index in [1.165, 1.54) is 0 Å². The summed E-state index contributed by atoms with van der Waals surface area (Å²) in [5, 5.41) is 4.95. The highest BCUT2D eigenvalue weighted by Crippen LogP contribution is 2.32. The molecule has 0 saturated carbocycles. The van der Waals surface area contributed by atoms with E-state index in [-0.39, 0.29) is 0 Å². The highest BCUT2D eigenvalue weighted by atomic mass is 35.5. The lowest BCUT2D eigenvalue weighted by atomic mass is 9.87. The summed E-state index contributed by atoms with van der Waals surface area (Å²) < 4.78 is 0. The first-order valence-corrected chi connectivity index (χ1v) is 7.27. The summed E-state index contributed by atoms with van der Waals surface area (Å²) in [4.78, 5) is 0. The molecule has 0 bridgehead atoms. The summed E-state index contributed by atoms with van der Waals surface area (Å²) in [5.41, 5.74) is 1.49. The van der Waals surface area contributed by atoms with Gasteiger partial charge in [0.1, 0.15) is 0 Å². The zero-order chi connectivity index (χ0) is 13.8. The van der Waals surface area contributed by atoms with Gasteiger partial charge in [-0.2, -0.15) is 0 Å². The lowest BCUT2D eigenvalue weighted by Gasteiger charge is -2.24. The SMILES string of the molecule is CCNC(CCC(C)(C)C)c1ccc(Cl)cc1Cl. The third-order valence-corrected chi connectivity index (χ3v) is 3.53. The Morgan fingerprint density at radius 3 is 2.39 bits per heavy atom. The van der Waals surface area contributed by atoms with E-state index in [2.05, 4.69) is 33.0 Å². The maximum atomic E-state index is 6.29. The lowest BCUT2D eigenvalue weighted by molar-refractivity contribution is 0.334. The van der Waals surface area contributed by atoms with E-state index in [0.717, 1.165) is 30.0 Å². The molecule has 3 heteroatoms. The lowest BCUT2D eigenvalue weighted by Crippen LogP contribution is -2.23. The summed E-state index contributed by atoms with van der Waals surface area (Å²) >= 11 is 12.2. The minimum atomic E-state index is 0.305. The van der Waals surface area contributed by atoms with Crippen LogP contribution < -0.4 is 5.32 Å². The third kappa shape index (κ3) is 5.17. The molecule has 0 spiro atoms. The largest absolute Gasteiger partial charge is 0.310 e. The summed E-state index contributed by atoms with van der Waals surface area (Å²) in [6.45, 7) is 9.85. The fourth-order valence-corrected chi connectivity index (χ4v) is 2.52. The fraction of sp³-hybridized carbons (Fsp3) is 0.600. The van der Waals surface area contributed by atoms with Crippen LogP contribution >= 0.6 is 23.2 Å². The molecule has 1 rings (SSSR count). The molecule has 1 aromatic carbocycles. The molecule has 18 heavy (non-hydrogen) atoms. The van der Waals surface area contributed by atoms with Crippen molar-refractivity contribution in [2.75, 3.05) is 6.54 Å². The maximum Gasteiger partial charge on any atom is 0.0468 e. The molecule has 0 radical (unpaired) electrons. The van der Waals surface area contributed by atoms with Crippen LogP contribution in [0.2, 0.25) is 10.0 Å². The minimum absolute atomic E-state index is 0.305. The van der Waals surface area contributed by atoms with Crippen molar-refractivity contribution in [3.63, 3.8) is 0 Å². The smallest absolute Gasteiger partial charge is 0.0468 e. The monoisotopic (exact) mass is 287 g/mol. The van der Waals surface area contributed by atoms with Crippen molar-refractivity contribution < 1.29 is 0 Å². The Hall–Kier alpha value is -0.240. The molecule has 1 unspecified atom stereocenters. The Morgan fingerprint density at radius 2 is 1.89 bits per heavy atom. The number of hydrogen-bond acceptors (Lipinski definition) is 1. The van der Waals surface area contributed by atoms with Crippen molar-refractivity contribution >= 4 is 23.2 Å². The van der Waals surface area contributed by atoms with Crippen molar-refractivity contribution in [3.05, 3.63) is 33.8 Å². The van der Waals surface area contributed by atoms with Gasteiger partial charge < -0.3 is 5.32 Å². The fourth-order valence-electron chi connectivity index (χ4n) is 1.98. The summed E-state index contributed by atoms with van der Waals surface area (Å²) in [6, 6.07) is 6.06. The molecular weight excluding hydrogens is 265 g/mol. The van der Waals surface area contributed by atoms with Crippen molar-refractivity contribution in [2.45, 2.75) is 46.6 Å². The van der Waals surface area contributed by atoms with Crippen LogP contribution in [0.15, 0.2) is 18.2 Å². The Labute approximate surface area is 121 Å². The molecule has 0 amide bonds. The van der Waals surface area contributed by atoms with Gasteiger partial charge in [0.15, 0.2) is 0 Å². The highest BCUT2D eigenvalue weighted by Gasteiger charge is 2.18. The predicted molar refractivity (Wildman–Crippen MR) is 81.6 cm³/mol. The van der Waals surface area contributed by atoms with Crippen LogP contribution in [0.4, 0.5) is 0 Å². The zero-order valence-corrected chi connectivity index (χ0v) is 13.2. The van der Waals surface area contributed by atoms with Gasteiger partial charge in [0.05, 0.1) is 0 Å². The second-order valence-electron chi connectivity index (χ2n) is 5.88. The van der Waals surface area contributed by atoms with Crippen molar-refractivity contribution in [1.82, 2.24) is 5.32 Å². The van der Waals surface area contributed by atoms with E-state index >= 15 is 0 Å². The van der Waals surface area contributed by atoms with Crippen LogP contribution in [0.5, 0.6) is 0 Å². The molecule has 0 aliphatic rings. The summed E-state index contributed by atoms with van der Waals surface area (Å²) in [6.07, 6.45) is 2.24. The average molecular weight is 288 g/mol. The number of halogens is 2. The van der Waals surface area contributed by atoms with E-state index in [4.69, 9.17) is 23.2 Å². The number of benzene rings is 1. The molecule has 1 nitrogen and oxygen atoms in total. The Morgan fingerprint density at radius 1 is 1.22 bits per heavy atom. The number of rotatable bonds is 5. The average Bonchev–Trinajstić information content (AvgIpc) is 2.24. The zero-order valence-electron chi connectivity index (χ0n) is 11.7. The predicted octanol–water partition coefficient (Wildman–Crippen LogP) is 5.47. The van der Waals surface area contributed by atoms with Gasteiger partial charge in [-0.1, -0.05) is 57.0 Å². The van der Waals surface area contributed by atoms with Gasteiger partial charge in [-0.05, 0) is 42.5 Å². The molecule has 1 aromatic rings. The van der Waals surface area contributed by atoms with E-state index in [9.17, 15) is 0 Å². The van der Waals surface area contributed by atoms with Gasteiger partial charge in [-0.25, -0.2) is 0 Å². The number of nitrogens with one attached hydrogen (secondary N) is 1. The highest BCUT2D eigenvalue weighted by molar-refractivity contribution is 6.35. The van der Waals surface area contributed by atoms with Crippen molar-refractivity contribution in [1.29, 1.82) is 0 Å². The van der Waals surface area contributed by atoms with Crippen molar-refractivity contribution in [3.8, 4) is 0 Å². The topological polar surface area (TPSA) is 12.0 Å². The molecule has 0 aliphatic carbocycles. The van der Waals surface area contributed by atoms with Gasteiger partial charge >= 0.3 is 0 Å². The molecule has 0 aromatic heterocycles. The minimum Gasteiger partial charge on any atom is -0.310 e. The Kier molecular flexibility index (Phi) is 5.97. The first-order valence-electron chi connectivity index (χ1n) is 6.52.